The fourth-order valence-electron chi connectivity index (χ4n) is 3.89. The van der Waals surface area contributed by atoms with Crippen molar-refractivity contribution in [2.24, 2.45) is 5.73 Å². The first-order chi connectivity index (χ1) is 16.5. The maximum atomic E-state index is 11.2. The summed E-state index contributed by atoms with van der Waals surface area (Å²) in [5.74, 6) is 0.0616. The lowest BCUT2D eigenvalue weighted by molar-refractivity contribution is -0.136. The highest BCUT2D eigenvalue weighted by molar-refractivity contribution is 5.93. The molecule has 1 heterocycles. The van der Waals surface area contributed by atoms with Gasteiger partial charge in [0, 0.05) is 29.5 Å². The average molecular weight is 456 g/mol. The standard InChI is InChI=1S/C27H24N2O5/c28-14-17-2-1-3-20(8-17)24-10-19(9-22-12-23(6-7-30)34-27(22)24)16-33-25-11-18(15-29)4-5-21(25)13-26(31)32/h1-5,8-12,30H,6-7,13-14,16,28H2,(H,31,32). The minimum absolute atomic E-state index is 0.0185. The number of aliphatic hydroxyl groups is 1. The van der Waals surface area contributed by atoms with E-state index < -0.39 is 5.97 Å². The third-order valence-electron chi connectivity index (χ3n) is 5.49. The number of carboxylic acid groups (broad SMARTS) is 1. The Morgan fingerprint density at radius 1 is 1.09 bits per heavy atom. The first-order valence-electron chi connectivity index (χ1n) is 10.8. The number of rotatable bonds is 9. The molecular weight excluding hydrogens is 432 g/mol. The van der Waals surface area contributed by atoms with Gasteiger partial charge in [0.15, 0.2) is 0 Å². The molecule has 4 N–H and O–H groups in total. The van der Waals surface area contributed by atoms with Gasteiger partial charge in [-0.25, -0.2) is 0 Å². The van der Waals surface area contributed by atoms with Gasteiger partial charge < -0.3 is 25.1 Å². The summed E-state index contributed by atoms with van der Waals surface area (Å²) < 4.78 is 12.0. The van der Waals surface area contributed by atoms with Crippen LogP contribution in [0.2, 0.25) is 0 Å². The summed E-state index contributed by atoms with van der Waals surface area (Å²) in [5, 5.41) is 28.7. The van der Waals surface area contributed by atoms with Crippen LogP contribution in [-0.2, 0) is 30.8 Å². The zero-order valence-corrected chi connectivity index (χ0v) is 18.5. The second-order valence-corrected chi connectivity index (χ2v) is 7.95. The Labute approximate surface area is 196 Å². The molecule has 172 valence electrons. The van der Waals surface area contributed by atoms with Gasteiger partial charge in [0.1, 0.15) is 23.7 Å². The Bertz CT molecular complexity index is 1380. The van der Waals surface area contributed by atoms with Crippen molar-refractivity contribution in [1.29, 1.82) is 5.26 Å². The van der Waals surface area contributed by atoms with E-state index >= 15 is 0 Å². The number of aliphatic carboxylic acids is 1. The molecule has 0 aliphatic heterocycles. The summed E-state index contributed by atoms with van der Waals surface area (Å²) >= 11 is 0. The molecule has 0 aliphatic carbocycles. The topological polar surface area (TPSA) is 130 Å². The Kier molecular flexibility index (Phi) is 6.93. The minimum atomic E-state index is -0.979. The van der Waals surface area contributed by atoms with E-state index in [9.17, 15) is 20.3 Å². The van der Waals surface area contributed by atoms with Crippen LogP contribution in [-0.4, -0.2) is 22.8 Å². The van der Waals surface area contributed by atoms with Crippen molar-refractivity contribution < 1.29 is 24.2 Å². The number of nitriles is 1. The van der Waals surface area contributed by atoms with Gasteiger partial charge in [0.2, 0.25) is 0 Å². The van der Waals surface area contributed by atoms with Gasteiger partial charge in [-0.2, -0.15) is 5.26 Å². The molecule has 0 radical (unpaired) electrons. The van der Waals surface area contributed by atoms with Crippen LogP contribution in [0.3, 0.4) is 0 Å². The van der Waals surface area contributed by atoms with Crippen molar-refractivity contribution in [3.05, 3.63) is 88.7 Å². The number of ether oxygens (including phenoxy) is 1. The molecule has 0 spiro atoms. The molecular formula is C27H24N2O5. The zero-order chi connectivity index (χ0) is 24.1. The van der Waals surface area contributed by atoms with Crippen LogP contribution in [0, 0.1) is 11.3 Å². The SMILES string of the molecule is N#Cc1ccc(CC(=O)O)c(OCc2cc(-c3cccc(CN)c3)c3oc(CCO)cc3c2)c1. The first-order valence-corrected chi connectivity index (χ1v) is 10.8. The Hall–Kier alpha value is -4.12. The van der Waals surface area contributed by atoms with E-state index in [1.165, 1.54) is 0 Å². The smallest absolute Gasteiger partial charge is 0.307 e. The molecule has 1 aromatic heterocycles. The van der Waals surface area contributed by atoms with Gasteiger partial charge in [0.05, 0.1) is 24.7 Å². The molecule has 4 aromatic rings. The fourth-order valence-corrected chi connectivity index (χ4v) is 3.89. The number of benzene rings is 3. The first kappa shape index (κ1) is 23.1. The lowest BCUT2D eigenvalue weighted by atomic mass is 9.99. The molecule has 0 fully saturated rings. The van der Waals surface area contributed by atoms with Crippen LogP contribution in [0.25, 0.3) is 22.1 Å². The van der Waals surface area contributed by atoms with Crippen molar-refractivity contribution >= 4 is 16.9 Å². The van der Waals surface area contributed by atoms with Gasteiger partial charge in [-0.05, 0) is 53.1 Å². The summed E-state index contributed by atoms with van der Waals surface area (Å²) in [7, 11) is 0. The van der Waals surface area contributed by atoms with E-state index in [1.807, 2.05) is 42.5 Å². The number of nitrogens with two attached hydrogens (primary N) is 1. The van der Waals surface area contributed by atoms with Crippen molar-refractivity contribution in [2.75, 3.05) is 6.61 Å². The molecule has 7 heteroatoms. The lowest BCUT2D eigenvalue weighted by Crippen LogP contribution is -2.05. The predicted octanol–water partition coefficient (Wildman–Crippen LogP) is 4.17. The summed E-state index contributed by atoms with van der Waals surface area (Å²) in [6, 6.07) is 20.5. The summed E-state index contributed by atoms with van der Waals surface area (Å²) in [6.07, 6.45) is 0.200. The number of nitrogens with zero attached hydrogens (tertiary/aromatic N) is 1. The largest absolute Gasteiger partial charge is 0.489 e. The normalized spacial score (nSPS) is 10.9. The Morgan fingerprint density at radius 3 is 2.68 bits per heavy atom. The molecule has 0 amide bonds. The monoisotopic (exact) mass is 456 g/mol. The van der Waals surface area contributed by atoms with E-state index in [0.29, 0.717) is 41.2 Å². The van der Waals surface area contributed by atoms with Gasteiger partial charge in [-0.1, -0.05) is 24.3 Å². The second kappa shape index (κ2) is 10.2. The highest BCUT2D eigenvalue weighted by atomic mass is 16.5. The molecule has 34 heavy (non-hydrogen) atoms. The van der Waals surface area contributed by atoms with Crippen molar-refractivity contribution in [2.45, 2.75) is 26.0 Å². The second-order valence-electron chi connectivity index (χ2n) is 7.95. The molecule has 7 nitrogen and oxygen atoms in total. The number of hydrogen-bond acceptors (Lipinski definition) is 6. The van der Waals surface area contributed by atoms with Crippen LogP contribution < -0.4 is 10.5 Å². The van der Waals surface area contributed by atoms with E-state index in [4.69, 9.17) is 14.9 Å². The van der Waals surface area contributed by atoms with Crippen molar-refractivity contribution in [3.8, 4) is 22.9 Å². The predicted molar refractivity (Wildman–Crippen MR) is 127 cm³/mol. The minimum Gasteiger partial charge on any atom is -0.489 e. The van der Waals surface area contributed by atoms with Gasteiger partial charge in [-0.3, -0.25) is 4.79 Å². The Morgan fingerprint density at radius 2 is 1.94 bits per heavy atom. The average Bonchev–Trinajstić information content (AvgIpc) is 3.25. The number of carbonyl (C=O) groups is 1. The fraction of sp³-hybridized carbons (Fsp3) is 0.185. The molecule has 0 bridgehead atoms. The molecule has 4 rings (SSSR count). The maximum Gasteiger partial charge on any atom is 0.307 e. The maximum absolute atomic E-state index is 11.2. The number of furan rings is 1. The quantitative estimate of drug-likeness (QED) is 0.345. The third kappa shape index (κ3) is 5.09. The van der Waals surface area contributed by atoms with E-state index in [2.05, 4.69) is 6.07 Å². The number of fused-ring (bicyclic) bond motifs is 1. The number of carboxylic acids is 1. The highest BCUT2D eigenvalue weighted by Crippen LogP contribution is 2.34. The van der Waals surface area contributed by atoms with E-state index in [0.717, 1.165) is 27.6 Å². The lowest BCUT2D eigenvalue weighted by Gasteiger charge is -2.13. The van der Waals surface area contributed by atoms with E-state index in [1.54, 1.807) is 18.2 Å². The van der Waals surface area contributed by atoms with Crippen molar-refractivity contribution in [3.63, 3.8) is 0 Å². The molecule has 0 saturated carbocycles. The molecule has 0 saturated heterocycles. The highest BCUT2D eigenvalue weighted by Gasteiger charge is 2.15. The number of aliphatic hydroxyl groups excluding tert-OH is 1. The third-order valence-corrected chi connectivity index (χ3v) is 5.49. The Balaban J connectivity index is 1.74. The molecule has 0 atom stereocenters. The van der Waals surface area contributed by atoms with Crippen LogP contribution in [0.4, 0.5) is 0 Å². The molecule has 3 aromatic carbocycles. The summed E-state index contributed by atoms with van der Waals surface area (Å²) in [5.41, 5.74) is 11.1. The van der Waals surface area contributed by atoms with Crippen LogP contribution in [0.15, 0.2) is 65.1 Å². The van der Waals surface area contributed by atoms with Crippen LogP contribution in [0.1, 0.15) is 28.0 Å². The van der Waals surface area contributed by atoms with Crippen LogP contribution in [0.5, 0.6) is 5.75 Å². The van der Waals surface area contributed by atoms with Crippen LogP contribution >= 0.6 is 0 Å². The van der Waals surface area contributed by atoms with Gasteiger partial charge >= 0.3 is 5.97 Å². The molecule has 0 unspecified atom stereocenters. The van der Waals surface area contributed by atoms with Gasteiger partial charge in [-0.15, -0.1) is 0 Å². The summed E-state index contributed by atoms with van der Waals surface area (Å²) in [4.78, 5) is 11.2. The molecule has 0 aliphatic rings. The number of hydrogen-bond donors (Lipinski definition) is 3. The summed E-state index contributed by atoms with van der Waals surface area (Å²) in [6.45, 7) is 0.562. The zero-order valence-electron chi connectivity index (χ0n) is 18.5. The van der Waals surface area contributed by atoms with Crippen molar-refractivity contribution in [1.82, 2.24) is 0 Å². The van der Waals surface area contributed by atoms with Gasteiger partial charge in [0.25, 0.3) is 0 Å². The van der Waals surface area contributed by atoms with E-state index in [-0.39, 0.29) is 19.6 Å².